The van der Waals surface area contributed by atoms with E-state index in [2.05, 4.69) is 78.1 Å². The van der Waals surface area contributed by atoms with E-state index in [4.69, 9.17) is 0 Å². The van der Waals surface area contributed by atoms with Crippen LogP contribution in [-0.2, 0) is 0 Å². The highest BCUT2D eigenvalue weighted by Crippen LogP contribution is 2.27. The van der Waals surface area contributed by atoms with Crippen molar-refractivity contribution in [1.29, 1.82) is 0 Å². The van der Waals surface area contributed by atoms with Gasteiger partial charge in [0, 0.05) is 35.7 Å². The predicted molar refractivity (Wildman–Crippen MR) is 90.0 cm³/mol. The van der Waals surface area contributed by atoms with E-state index in [1.807, 2.05) is 0 Å². The van der Waals surface area contributed by atoms with Crippen molar-refractivity contribution in [3.63, 3.8) is 0 Å². The van der Waals surface area contributed by atoms with Crippen LogP contribution in [0.5, 0.6) is 0 Å². The van der Waals surface area contributed by atoms with Gasteiger partial charge in [0.25, 0.3) is 0 Å². The summed E-state index contributed by atoms with van der Waals surface area (Å²) in [5.41, 5.74) is 1.40. The van der Waals surface area contributed by atoms with Gasteiger partial charge >= 0.3 is 0 Å². The summed E-state index contributed by atoms with van der Waals surface area (Å²) in [7, 11) is 0. The van der Waals surface area contributed by atoms with E-state index < -0.39 is 0 Å². The van der Waals surface area contributed by atoms with E-state index in [9.17, 15) is 0 Å². The molecule has 0 bridgehead atoms. The largest absolute Gasteiger partial charge is 0.311 e. The normalized spacial score (nSPS) is 25.9. The fourth-order valence-corrected chi connectivity index (χ4v) is 3.60. The molecular weight excluding hydrogens is 312 g/mol. The molecule has 1 aliphatic rings. The molecule has 3 heteroatoms. The number of piperazine rings is 1. The molecule has 0 saturated carbocycles. The van der Waals surface area contributed by atoms with Crippen molar-refractivity contribution in [2.75, 3.05) is 13.1 Å². The SMILES string of the molecule is CC(C)CC1CN(C(C)c2cccc(Br)c2)C(C)CN1. The Kier molecular flexibility index (Phi) is 5.65. The number of rotatable bonds is 4. The lowest BCUT2D eigenvalue weighted by Crippen LogP contribution is -2.56. The maximum Gasteiger partial charge on any atom is 0.0324 e. The minimum atomic E-state index is 0.472. The van der Waals surface area contributed by atoms with Crippen molar-refractivity contribution in [3.05, 3.63) is 34.3 Å². The summed E-state index contributed by atoms with van der Waals surface area (Å²) >= 11 is 3.58. The van der Waals surface area contributed by atoms with Crippen LogP contribution in [0.3, 0.4) is 0 Å². The third kappa shape index (κ3) is 4.06. The van der Waals surface area contributed by atoms with E-state index in [0.717, 1.165) is 19.0 Å². The second-order valence-electron chi connectivity index (χ2n) is 6.51. The standard InChI is InChI=1S/C17H27BrN2/c1-12(2)8-17-11-20(13(3)10-19-17)14(4)15-6-5-7-16(18)9-15/h5-7,9,12-14,17,19H,8,10-11H2,1-4H3. The van der Waals surface area contributed by atoms with Gasteiger partial charge in [0.1, 0.15) is 0 Å². The highest BCUT2D eigenvalue weighted by Gasteiger charge is 2.29. The Labute approximate surface area is 132 Å². The smallest absolute Gasteiger partial charge is 0.0324 e. The van der Waals surface area contributed by atoms with Gasteiger partial charge in [0.2, 0.25) is 0 Å². The molecular formula is C17H27BrN2. The molecule has 1 aromatic carbocycles. The lowest BCUT2D eigenvalue weighted by atomic mass is 9.97. The Bertz CT molecular complexity index is 433. The molecule has 0 aliphatic carbocycles. The van der Waals surface area contributed by atoms with E-state index in [1.54, 1.807) is 0 Å². The van der Waals surface area contributed by atoms with Crippen LogP contribution in [0.1, 0.15) is 45.7 Å². The van der Waals surface area contributed by atoms with Crippen LogP contribution >= 0.6 is 15.9 Å². The predicted octanol–water partition coefficient (Wildman–Crippen LogP) is 4.22. The van der Waals surface area contributed by atoms with Crippen LogP contribution in [0.15, 0.2) is 28.7 Å². The van der Waals surface area contributed by atoms with Crippen molar-refractivity contribution in [2.45, 2.75) is 52.2 Å². The number of hydrogen-bond acceptors (Lipinski definition) is 2. The summed E-state index contributed by atoms with van der Waals surface area (Å²) in [5, 5.41) is 3.70. The third-order valence-electron chi connectivity index (χ3n) is 4.28. The van der Waals surface area contributed by atoms with Gasteiger partial charge in [0.15, 0.2) is 0 Å². The van der Waals surface area contributed by atoms with Gasteiger partial charge in [-0.2, -0.15) is 0 Å². The minimum Gasteiger partial charge on any atom is -0.311 e. The fourth-order valence-electron chi connectivity index (χ4n) is 3.18. The average molecular weight is 339 g/mol. The molecule has 3 atom stereocenters. The lowest BCUT2D eigenvalue weighted by molar-refractivity contribution is 0.0923. The molecule has 112 valence electrons. The molecule has 0 radical (unpaired) electrons. The number of halogens is 1. The number of nitrogens with zero attached hydrogens (tertiary/aromatic N) is 1. The van der Waals surface area contributed by atoms with Crippen molar-refractivity contribution < 1.29 is 0 Å². The molecule has 1 saturated heterocycles. The summed E-state index contributed by atoms with van der Waals surface area (Å²) in [5.74, 6) is 0.754. The Morgan fingerprint density at radius 1 is 1.35 bits per heavy atom. The molecule has 0 amide bonds. The Morgan fingerprint density at radius 2 is 2.10 bits per heavy atom. The molecule has 1 fully saturated rings. The molecule has 1 N–H and O–H groups in total. The van der Waals surface area contributed by atoms with Crippen molar-refractivity contribution in [3.8, 4) is 0 Å². The first kappa shape index (κ1) is 16.0. The van der Waals surface area contributed by atoms with Gasteiger partial charge in [-0.1, -0.05) is 41.9 Å². The monoisotopic (exact) mass is 338 g/mol. The van der Waals surface area contributed by atoms with Gasteiger partial charge in [0.05, 0.1) is 0 Å². The highest BCUT2D eigenvalue weighted by atomic mass is 79.9. The zero-order valence-electron chi connectivity index (χ0n) is 13.1. The molecule has 1 aromatic rings. The minimum absolute atomic E-state index is 0.472. The first-order valence-corrected chi connectivity index (χ1v) is 8.51. The van der Waals surface area contributed by atoms with Gasteiger partial charge in [-0.15, -0.1) is 0 Å². The number of benzene rings is 1. The van der Waals surface area contributed by atoms with Gasteiger partial charge in [-0.05, 0) is 43.9 Å². The quantitative estimate of drug-likeness (QED) is 0.884. The van der Waals surface area contributed by atoms with Crippen LogP contribution in [0.4, 0.5) is 0 Å². The first-order chi connectivity index (χ1) is 9.47. The number of nitrogens with one attached hydrogen (secondary N) is 1. The van der Waals surface area contributed by atoms with Crippen LogP contribution < -0.4 is 5.32 Å². The Morgan fingerprint density at radius 3 is 2.75 bits per heavy atom. The van der Waals surface area contributed by atoms with E-state index in [-0.39, 0.29) is 0 Å². The Balaban J connectivity index is 2.08. The second kappa shape index (κ2) is 7.06. The maximum atomic E-state index is 3.70. The summed E-state index contributed by atoms with van der Waals surface area (Å²) in [6, 6.07) is 10.4. The molecule has 2 rings (SSSR count). The molecule has 1 heterocycles. The van der Waals surface area contributed by atoms with Gasteiger partial charge in [-0.3, -0.25) is 4.90 Å². The summed E-state index contributed by atoms with van der Waals surface area (Å²) in [4.78, 5) is 2.64. The van der Waals surface area contributed by atoms with Crippen LogP contribution in [0, 0.1) is 5.92 Å². The summed E-state index contributed by atoms with van der Waals surface area (Å²) in [6.07, 6.45) is 1.26. The average Bonchev–Trinajstić information content (AvgIpc) is 2.39. The molecule has 20 heavy (non-hydrogen) atoms. The zero-order valence-corrected chi connectivity index (χ0v) is 14.7. The van der Waals surface area contributed by atoms with E-state index >= 15 is 0 Å². The fraction of sp³-hybridized carbons (Fsp3) is 0.647. The molecule has 2 nitrogen and oxygen atoms in total. The summed E-state index contributed by atoms with van der Waals surface area (Å²) in [6.45, 7) is 11.5. The second-order valence-corrected chi connectivity index (χ2v) is 7.43. The molecule has 3 unspecified atom stereocenters. The number of hydrogen-bond donors (Lipinski definition) is 1. The lowest BCUT2D eigenvalue weighted by Gasteiger charge is -2.43. The van der Waals surface area contributed by atoms with Crippen molar-refractivity contribution in [1.82, 2.24) is 10.2 Å². The third-order valence-corrected chi connectivity index (χ3v) is 4.78. The van der Waals surface area contributed by atoms with Crippen molar-refractivity contribution >= 4 is 15.9 Å². The maximum absolute atomic E-state index is 3.70. The van der Waals surface area contributed by atoms with Crippen molar-refractivity contribution in [2.24, 2.45) is 5.92 Å². The topological polar surface area (TPSA) is 15.3 Å². The first-order valence-electron chi connectivity index (χ1n) is 7.72. The van der Waals surface area contributed by atoms with Gasteiger partial charge in [-0.25, -0.2) is 0 Å². The van der Waals surface area contributed by atoms with Crippen LogP contribution in [0.25, 0.3) is 0 Å². The van der Waals surface area contributed by atoms with Crippen LogP contribution in [0.2, 0.25) is 0 Å². The van der Waals surface area contributed by atoms with Crippen LogP contribution in [-0.4, -0.2) is 30.1 Å². The summed E-state index contributed by atoms with van der Waals surface area (Å²) < 4.78 is 1.17. The highest BCUT2D eigenvalue weighted by molar-refractivity contribution is 9.10. The Hall–Kier alpha value is -0.380. The van der Waals surface area contributed by atoms with Gasteiger partial charge < -0.3 is 5.32 Å². The zero-order chi connectivity index (χ0) is 14.7. The molecule has 0 spiro atoms. The molecule has 0 aromatic heterocycles. The van der Waals surface area contributed by atoms with E-state index in [0.29, 0.717) is 18.1 Å². The molecule has 1 aliphatic heterocycles. The van der Waals surface area contributed by atoms with E-state index in [1.165, 1.54) is 16.5 Å².